The van der Waals surface area contributed by atoms with Crippen LogP contribution in [0.5, 0.6) is 0 Å². The molecule has 80 valence electrons. The predicted molar refractivity (Wildman–Crippen MR) is 57.7 cm³/mol. The molecule has 0 aliphatic heterocycles. The highest BCUT2D eigenvalue weighted by Crippen LogP contribution is 2.23. The SMILES string of the molecule is CCCC(NN)c1c(C)nn(C)c1C. The molecule has 1 aromatic heterocycles. The lowest BCUT2D eigenvalue weighted by atomic mass is 10.0. The van der Waals surface area contributed by atoms with Gasteiger partial charge in [-0.2, -0.15) is 5.10 Å². The molecular formula is C10H20N4. The summed E-state index contributed by atoms with van der Waals surface area (Å²) in [6, 6.07) is 0.230. The Kier molecular flexibility index (Phi) is 3.66. The Balaban J connectivity index is 3.02. The van der Waals surface area contributed by atoms with Crippen LogP contribution in [0.2, 0.25) is 0 Å². The molecule has 0 saturated heterocycles. The van der Waals surface area contributed by atoms with E-state index < -0.39 is 0 Å². The van der Waals surface area contributed by atoms with E-state index in [9.17, 15) is 0 Å². The van der Waals surface area contributed by atoms with Gasteiger partial charge in [0.25, 0.3) is 0 Å². The van der Waals surface area contributed by atoms with Crippen LogP contribution < -0.4 is 11.3 Å². The molecule has 0 spiro atoms. The Morgan fingerprint density at radius 1 is 1.50 bits per heavy atom. The molecule has 4 nitrogen and oxygen atoms in total. The van der Waals surface area contributed by atoms with Gasteiger partial charge in [-0.25, -0.2) is 0 Å². The van der Waals surface area contributed by atoms with Crippen molar-refractivity contribution in [3.05, 3.63) is 17.0 Å². The largest absolute Gasteiger partial charge is 0.272 e. The number of nitrogens with one attached hydrogen (secondary N) is 1. The molecule has 0 fully saturated rings. The van der Waals surface area contributed by atoms with Gasteiger partial charge in [-0.3, -0.25) is 16.0 Å². The quantitative estimate of drug-likeness (QED) is 0.564. The van der Waals surface area contributed by atoms with E-state index in [0.717, 1.165) is 18.5 Å². The van der Waals surface area contributed by atoms with Crippen molar-refractivity contribution in [2.45, 2.75) is 39.7 Å². The summed E-state index contributed by atoms with van der Waals surface area (Å²) in [5.74, 6) is 5.55. The lowest BCUT2D eigenvalue weighted by Crippen LogP contribution is -2.28. The molecule has 0 aliphatic carbocycles. The summed E-state index contributed by atoms with van der Waals surface area (Å²) in [6.07, 6.45) is 2.16. The zero-order valence-electron chi connectivity index (χ0n) is 9.46. The van der Waals surface area contributed by atoms with Crippen molar-refractivity contribution in [1.82, 2.24) is 15.2 Å². The topological polar surface area (TPSA) is 55.9 Å². The van der Waals surface area contributed by atoms with Crippen LogP contribution in [0, 0.1) is 13.8 Å². The molecule has 3 N–H and O–H groups in total. The van der Waals surface area contributed by atoms with Crippen molar-refractivity contribution in [3.8, 4) is 0 Å². The molecule has 0 aliphatic rings. The maximum absolute atomic E-state index is 5.55. The van der Waals surface area contributed by atoms with Crippen LogP contribution in [-0.4, -0.2) is 9.78 Å². The van der Waals surface area contributed by atoms with Gasteiger partial charge in [0.1, 0.15) is 0 Å². The minimum absolute atomic E-state index is 0.230. The molecule has 1 heterocycles. The summed E-state index contributed by atoms with van der Waals surface area (Å²) in [5.41, 5.74) is 6.37. The first-order chi connectivity index (χ1) is 6.61. The summed E-state index contributed by atoms with van der Waals surface area (Å²) >= 11 is 0. The van der Waals surface area contributed by atoms with Gasteiger partial charge in [0.05, 0.1) is 5.69 Å². The number of nitrogens with two attached hydrogens (primary N) is 1. The second-order valence-corrected chi connectivity index (χ2v) is 3.72. The van der Waals surface area contributed by atoms with Gasteiger partial charge < -0.3 is 0 Å². The van der Waals surface area contributed by atoms with Crippen molar-refractivity contribution in [3.63, 3.8) is 0 Å². The molecule has 1 rings (SSSR count). The molecule has 0 bridgehead atoms. The van der Waals surface area contributed by atoms with Gasteiger partial charge in [0.2, 0.25) is 0 Å². The highest BCUT2D eigenvalue weighted by molar-refractivity contribution is 5.27. The van der Waals surface area contributed by atoms with E-state index >= 15 is 0 Å². The van der Waals surface area contributed by atoms with Crippen LogP contribution in [0.3, 0.4) is 0 Å². The van der Waals surface area contributed by atoms with Crippen molar-refractivity contribution >= 4 is 0 Å². The van der Waals surface area contributed by atoms with Gasteiger partial charge in [0.15, 0.2) is 0 Å². The van der Waals surface area contributed by atoms with Crippen LogP contribution in [0.25, 0.3) is 0 Å². The summed E-state index contributed by atoms with van der Waals surface area (Å²) in [4.78, 5) is 0. The lowest BCUT2D eigenvalue weighted by molar-refractivity contribution is 0.505. The van der Waals surface area contributed by atoms with Gasteiger partial charge in [0, 0.05) is 24.3 Å². The third-order valence-corrected chi connectivity index (χ3v) is 2.69. The zero-order chi connectivity index (χ0) is 10.7. The number of hydrogen-bond donors (Lipinski definition) is 2. The number of aromatic nitrogens is 2. The summed E-state index contributed by atoms with van der Waals surface area (Å²) in [5, 5.41) is 4.38. The second-order valence-electron chi connectivity index (χ2n) is 3.72. The molecule has 0 radical (unpaired) electrons. The van der Waals surface area contributed by atoms with E-state index in [1.54, 1.807) is 0 Å². The Labute approximate surface area is 85.5 Å². The highest BCUT2D eigenvalue weighted by atomic mass is 15.3. The van der Waals surface area contributed by atoms with Crippen molar-refractivity contribution in [2.24, 2.45) is 12.9 Å². The van der Waals surface area contributed by atoms with E-state index in [4.69, 9.17) is 5.84 Å². The standard InChI is InChI=1S/C10H20N4/c1-5-6-9(12-11)10-7(2)13-14(4)8(10)3/h9,12H,5-6,11H2,1-4H3. The number of rotatable bonds is 4. The Morgan fingerprint density at radius 3 is 2.50 bits per heavy atom. The second kappa shape index (κ2) is 4.57. The number of hydrogen-bond acceptors (Lipinski definition) is 3. The monoisotopic (exact) mass is 196 g/mol. The molecule has 1 atom stereocenters. The van der Waals surface area contributed by atoms with Crippen LogP contribution >= 0.6 is 0 Å². The van der Waals surface area contributed by atoms with Crippen LogP contribution in [0.4, 0.5) is 0 Å². The average Bonchev–Trinajstić information content (AvgIpc) is 2.39. The molecule has 4 heteroatoms. The third-order valence-electron chi connectivity index (χ3n) is 2.69. The minimum Gasteiger partial charge on any atom is -0.272 e. The molecule has 14 heavy (non-hydrogen) atoms. The third kappa shape index (κ3) is 1.96. The molecule has 0 amide bonds. The molecular weight excluding hydrogens is 176 g/mol. The maximum Gasteiger partial charge on any atom is 0.0644 e. The van der Waals surface area contributed by atoms with E-state index in [0.29, 0.717) is 0 Å². The number of hydrazine groups is 1. The van der Waals surface area contributed by atoms with Crippen LogP contribution in [-0.2, 0) is 7.05 Å². The van der Waals surface area contributed by atoms with Crippen molar-refractivity contribution in [2.75, 3.05) is 0 Å². The molecule has 0 aromatic carbocycles. The zero-order valence-corrected chi connectivity index (χ0v) is 9.46. The van der Waals surface area contributed by atoms with E-state index in [1.165, 1.54) is 11.3 Å². The number of aryl methyl sites for hydroxylation is 2. The predicted octanol–water partition coefficient (Wildman–Crippen LogP) is 1.34. The summed E-state index contributed by atoms with van der Waals surface area (Å²) < 4.78 is 1.91. The maximum atomic E-state index is 5.55. The Hall–Kier alpha value is -0.870. The molecule has 0 saturated carbocycles. The normalized spacial score (nSPS) is 13.2. The van der Waals surface area contributed by atoms with E-state index in [-0.39, 0.29) is 6.04 Å². The number of nitrogens with zero attached hydrogens (tertiary/aromatic N) is 2. The lowest BCUT2D eigenvalue weighted by Gasteiger charge is -2.15. The fourth-order valence-corrected chi connectivity index (χ4v) is 1.89. The van der Waals surface area contributed by atoms with Crippen molar-refractivity contribution < 1.29 is 0 Å². The minimum atomic E-state index is 0.230. The van der Waals surface area contributed by atoms with E-state index in [2.05, 4.69) is 24.4 Å². The summed E-state index contributed by atoms with van der Waals surface area (Å²) in [7, 11) is 1.96. The van der Waals surface area contributed by atoms with Gasteiger partial charge in [-0.05, 0) is 20.3 Å². The fraction of sp³-hybridized carbons (Fsp3) is 0.700. The average molecular weight is 196 g/mol. The molecule has 1 aromatic rings. The highest BCUT2D eigenvalue weighted by Gasteiger charge is 2.17. The van der Waals surface area contributed by atoms with Crippen LogP contribution in [0.15, 0.2) is 0 Å². The van der Waals surface area contributed by atoms with Crippen molar-refractivity contribution in [1.29, 1.82) is 0 Å². The van der Waals surface area contributed by atoms with Gasteiger partial charge >= 0.3 is 0 Å². The first kappa shape index (κ1) is 11.2. The van der Waals surface area contributed by atoms with Gasteiger partial charge in [-0.1, -0.05) is 13.3 Å². The van der Waals surface area contributed by atoms with E-state index in [1.807, 2.05) is 18.7 Å². The molecule has 1 unspecified atom stereocenters. The van der Waals surface area contributed by atoms with Crippen LogP contribution in [0.1, 0.15) is 42.8 Å². The first-order valence-corrected chi connectivity index (χ1v) is 5.08. The Morgan fingerprint density at radius 2 is 2.14 bits per heavy atom. The summed E-state index contributed by atoms with van der Waals surface area (Å²) in [6.45, 7) is 6.27. The Bertz CT molecular complexity index is 303. The van der Waals surface area contributed by atoms with Gasteiger partial charge in [-0.15, -0.1) is 0 Å². The smallest absolute Gasteiger partial charge is 0.0644 e. The fourth-order valence-electron chi connectivity index (χ4n) is 1.89. The first-order valence-electron chi connectivity index (χ1n) is 5.08.